The zero-order valence-corrected chi connectivity index (χ0v) is 40.2. The molecule has 0 saturated carbocycles. The zero-order chi connectivity index (χ0) is 40.7. The molecule has 0 aliphatic rings. The first kappa shape index (κ1) is 45.7. The second-order valence-corrected chi connectivity index (χ2v) is 21.1. The van der Waals surface area contributed by atoms with Crippen LogP contribution < -0.4 is 0 Å². The number of aromatic nitrogens is 3. The van der Waals surface area contributed by atoms with Crippen LogP contribution in [0.5, 0.6) is 0 Å². The van der Waals surface area contributed by atoms with Crippen LogP contribution in [-0.2, 0) is 36.7 Å². The Balaban J connectivity index is 0.000000299. The largest absolute Gasteiger partial charge is 0.512 e. The van der Waals surface area contributed by atoms with Gasteiger partial charge in [-0.2, -0.15) is 0 Å². The molecule has 303 valence electrons. The molecule has 0 bridgehead atoms. The molecule has 0 aliphatic carbocycles. The second kappa shape index (κ2) is 17.8. The van der Waals surface area contributed by atoms with E-state index >= 15 is 0 Å². The maximum atomic E-state index is 12.3. The summed E-state index contributed by atoms with van der Waals surface area (Å²) in [6.07, 6.45) is 4.25. The molecule has 0 unspecified atom stereocenters. The number of carbonyl (C=O) groups excluding carboxylic acids is 1. The summed E-state index contributed by atoms with van der Waals surface area (Å²) in [6, 6.07) is 17.0. The number of hydrogen-bond donors (Lipinski definition) is 1. The monoisotopic (exact) mass is 969 g/mol. The second-order valence-electron chi connectivity index (χ2n) is 19.0. The van der Waals surface area contributed by atoms with E-state index in [9.17, 15) is 9.90 Å². The number of ketones is 1. The van der Waals surface area contributed by atoms with Gasteiger partial charge in [0, 0.05) is 69.7 Å². The molecule has 6 rings (SSSR count). The molecular weight excluding hydrogens is 907 g/mol. The summed E-state index contributed by atoms with van der Waals surface area (Å²) in [7, 11) is 0. The summed E-state index contributed by atoms with van der Waals surface area (Å²) in [4.78, 5) is 26.8. The minimum atomic E-state index is -0.0511. The molecule has 4 aromatic heterocycles. The maximum Gasteiger partial charge on any atom is 0.162 e. The van der Waals surface area contributed by atoms with Crippen molar-refractivity contribution >= 4 is 69.1 Å². The number of aryl methyl sites for hydroxylation is 1. The Hall–Kier alpha value is -3.03. The molecule has 2 aromatic carbocycles. The van der Waals surface area contributed by atoms with E-state index in [0.29, 0.717) is 23.7 Å². The smallest absolute Gasteiger partial charge is 0.162 e. The number of fused-ring (bicyclic) bond motifs is 6. The van der Waals surface area contributed by atoms with Gasteiger partial charge in [0.25, 0.3) is 0 Å². The van der Waals surface area contributed by atoms with Gasteiger partial charge in [0.2, 0.25) is 0 Å². The first-order valence-electron chi connectivity index (χ1n) is 19.9. The molecule has 8 heteroatoms. The van der Waals surface area contributed by atoms with Gasteiger partial charge in [0.05, 0.1) is 20.7 Å². The predicted molar refractivity (Wildman–Crippen MR) is 239 cm³/mol. The van der Waals surface area contributed by atoms with E-state index in [1.54, 1.807) is 6.33 Å². The van der Waals surface area contributed by atoms with Crippen molar-refractivity contribution in [2.24, 2.45) is 40.9 Å². The summed E-state index contributed by atoms with van der Waals surface area (Å²) in [5.74, 6) is 1.63. The molecule has 6 aromatic rings. The van der Waals surface area contributed by atoms with E-state index in [0.717, 1.165) is 44.5 Å². The van der Waals surface area contributed by atoms with Crippen molar-refractivity contribution in [3.8, 4) is 11.3 Å². The fourth-order valence-corrected chi connectivity index (χ4v) is 10.8. The fraction of sp³-hybridized carbons (Fsp3) is 0.500. The summed E-state index contributed by atoms with van der Waals surface area (Å²) in [5, 5.41) is 12.6. The van der Waals surface area contributed by atoms with E-state index in [1.165, 1.54) is 36.7 Å². The van der Waals surface area contributed by atoms with Crippen molar-refractivity contribution in [2.75, 3.05) is 0 Å². The van der Waals surface area contributed by atoms with Crippen LogP contribution in [0.25, 0.3) is 51.9 Å². The fourth-order valence-electron chi connectivity index (χ4n) is 8.20. The molecule has 0 spiro atoms. The number of benzene rings is 2. The van der Waals surface area contributed by atoms with Crippen LogP contribution in [0.1, 0.15) is 114 Å². The molecule has 0 aliphatic heterocycles. The van der Waals surface area contributed by atoms with E-state index < -0.39 is 0 Å². The van der Waals surface area contributed by atoms with E-state index in [4.69, 9.17) is 15.0 Å². The molecule has 4 heterocycles. The van der Waals surface area contributed by atoms with Crippen molar-refractivity contribution in [1.29, 1.82) is 0 Å². The topological polar surface area (TPSA) is 76.0 Å². The Morgan fingerprint density at radius 1 is 0.786 bits per heavy atom. The van der Waals surface area contributed by atoms with Crippen LogP contribution in [0.3, 0.4) is 0 Å². The minimum absolute atomic E-state index is 0. The Morgan fingerprint density at radius 3 is 1.98 bits per heavy atom. The third-order valence-corrected chi connectivity index (χ3v) is 12.9. The Labute approximate surface area is 357 Å². The summed E-state index contributed by atoms with van der Waals surface area (Å²) in [5.41, 5.74) is 7.88. The van der Waals surface area contributed by atoms with Gasteiger partial charge < -0.3 is 5.11 Å². The standard InChI is InChI=1S/C31H30N3S2.C17H32O2.Ir/c1-17-8-10-19-13-20(14-22(24(19)34-17)31(5,6)7)25-28-26(33-16-32-25)29-27(36-28)21-12-18(15-30(2,3)4)9-11-23(21)35-29;1-10(2)16(11(3)4)14(18)9-15(19)17(12(5)6)13(7)8;/h8-12,14,16H,15H2,1-7H3;9-13,16-18H,1-8H3;/q-1;;/b;14-9-;. The third-order valence-electron chi connectivity index (χ3n) is 10.4. The van der Waals surface area contributed by atoms with Gasteiger partial charge in [0.15, 0.2) is 5.78 Å². The normalized spacial score (nSPS) is 13.0. The van der Waals surface area contributed by atoms with E-state index in [1.807, 2.05) is 29.6 Å². The number of thiophene rings is 2. The molecule has 5 nitrogen and oxygen atoms in total. The van der Waals surface area contributed by atoms with Crippen LogP contribution in [-0.4, -0.2) is 25.8 Å². The van der Waals surface area contributed by atoms with Gasteiger partial charge in [0.1, 0.15) is 6.33 Å². The van der Waals surface area contributed by atoms with Crippen molar-refractivity contribution in [1.82, 2.24) is 15.0 Å². The summed E-state index contributed by atoms with van der Waals surface area (Å²) < 4.78 is 5.04. The van der Waals surface area contributed by atoms with Crippen LogP contribution in [0, 0.1) is 53.9 Å². The molecule has 0 fully saturated rings. The third kappa shape index (κ3) is 10.2. The average molecular weight is 969 g/mol. The van der Waals surface area contributed by atoms with Crippen LogP contribution >= 0.6 is 22.7 Å². The van der Waals surface area contributed by atoms with Gasteiger partial charge in [-0.25, -0.2) is 4.98 Å². The molecule has 1 radical (unpaired) electrons. The number of aliphatic hydroxyl groups is 1. The molecule has 1 N–H and O–H groups in total. The maximum absolute atomic E-state index is 12.3. The predicted octanol–water partition coefficient (Wildman–Crippen LogP) is 14.1. The number of nitrogens with zero attached hydrogens (tertiary/aromatic N) is 3. The van der Waals surface area contributed by atoms with Gasteiger partial charge >= 0.3 is 0 Å². The first-order chi connectivity index (χ1) is 25.6. The van der Waals surface area contributed by atoms with Gasteiger partial charge in [-0.3, -0.25) is 14.8 Å². The number of hydrogen-bond acceptors (Lipinski definition) is 7. The summed E-state index contributed by atoms with van der Waals surface area (Å²) >= 11 is 3.66. The Kier molecular flexibility index (Phi) is 14.6. The number of allylic oxidation sites excluding steroid dienone is 2. The SMILES string of the molecule is CC(C)C(C(=O)/C=C(\O)C(C(C)C)C(C)C)C(C)C.Cc1ccc2[c-]c(-c3ncnc4c3sc3c5cc(CC(C)(C)C)ccc5sc43)cc(C(C)(C)C)c2n1.[Ir]. The van der Waals surface area contributed by atoms with Gasteiger partial charge in [-0.05, 0) is 65.5 Å². The number of carbonyl (C=O) groups is 1. The van der Waals surface area contributed by atoms with Crippen LogP contribution in [0.4, 0.5) is 0 Å². The van der Waals surface area contributed by atoms with Crippen molar-refractivity contribution in [3.63, 3.8) is 0 Å². The zero-order valence-electron chi connectivity index (χ0n) is 36.1. The van der Waals surface area contributed by atoms with E-state index in [-0.39, 0.29) is 54.3 Å². The molecule has 0 atom stereocenters. The summed E-state index contributed by atoms with van der Waals surface area (Å²) in [6.45, 7) is 32.3. The quantitative estimate of drug-likeness (QED) is 0.0887. The number of aliphatic hydroxyl groups excluding tert-OH is 1. The minimum Gasteiger partial charge on any atom is -0.512 e. The van der Waals surface area contributed by atoms with Gasteiger partial charge in [-0.1, -0.05) is 126 Å². The number of pyridine rings is 1. The Morgan fingerprint density at radius 2 is 1.41 bits per heavy atom. The average Bonchev–Trinajstić information content (AvgIpc) is 3.59. The molecule has 56 heavy (non-hydrogen) atoms. The molecular formula is C48H62IrN3O2S2-. The molecule has 0 saturated heterocycles. The molecule has 0 amide bonds. The Bertz CT molecular complexity index is 2340. The van der Waals surface area contributed by atoms with Crippen molar-refractivity contribution in [3.05, 3.63) is 77.4 Å². The van der Waals surface area contributed by atoms with Gasteiger partial charge in [-0.15, -0.1) is 40.9 Å². The number of rotatable bonds is 9. The van der Waals surface area contributed by atoms with Crippen LogP contribution in [0.15, 0.2) is 54.6 Å². The van der Waals surface area contributed by atoms with Crippen molar-refractivity contribution < 1.29 is 30.0 Å². The van der Waals surface area contributed by atoms with E-state index in [2.05, 4.69) is 139 Å². The van der Waals surface area contributed by atoms with Crippen molar-refractivity contribution in [2.45, 2.75) is 116 Å². The first-order valence-corrected chi connectivity index (χ1v) is 21.6. The van der Waals surface area contributed by atoms with Crippen LogP contribution in [0.2, 0.25) is 0 Å².